The monoisotopic (exact) mass is 335 g/mol. The number of ether oxygens (including phenoxy) is 1. The van der Waals surface area contributed by atoms with Crippen molar-refractivity contribution in [1.29, 1.82) is 0 Å². The number of aryl methyl sites for hydroxylation is 3. The number of rotatable bonds is 6. The molecule has 0 unspecified atom stereocenters. The Balaban J connectivity index is 1.91. The average Bonchev–Trinajstić information content (AvgIpc) is 2.89. The number of hydrogen-bond donors (Lipinski definition) is 0. The lowest BCUT2D eigenvalue weighted by Crippen LogP contribution is -2.30. The van der Waals surface area contributed by atoms with Crippen LogP contribution >= 0.6 is 11.6 Å². The predicted molar refractivity (Wildman–Crippen MR) is 91.4 cm³/mol. The lowest BCUT2D eigenvalue weighted by molar-refractivity contribution is 0.0741. The van der Waals surface area contributed by atoms with E-state index < -0.39 is 0 Å². The van der Waals surface area contributed by atoms with Crippen LogP contribution in [0.15, 0.2) is 28.7 Å². The van der Waals surface area contributed by atoms with Gasteiger partial charge in [-0.15, -0.1) is 11.6 Å². The van der Waals surface area contributed by atoms with Gasteiger partial charge >= 0.3 is 0 Å². The lowest BCUT2D eigenvalue weighted by Gasteiger charge is -2.17. The van der Waals surface area contributed by atoms with Gasteiger partial charge in [0.15, 0.2) is 5.76 Å². The third kappa shape index (κ3) is 4.29. The molecule has 0 spiro atoms. The molecule has 124 valence electrons. The Kier molecular flexibility index (Phi) is 5.72. The van der Waals surface area contributed by atoms with Crippen molar-refractivity contribution in [3.8, 4) is 5.75 Å². The van der Waals surface area contributed by atoms with Crippen LogP contribution in [-0.4, -0.2) is 31.0 Å². The number of hydrogen-bond acceptors (Lipinski definition) is 3. The minimum atomic E-state index is -0.173. The molecule has 2 rings (SSSR count). The molecule has 0 aliphatic heterocycles. The highest BCUT2D eigenvalue weighted by Gasteiger charge is 2.18. The topological polar surface area (TPSA) is 42.7 Å². The molecule has 5 heteroatoms. The number of carbonyl (C=O) groups excluding carboxylic acids is 1. The molecule has 1 amide bonds. The number of alkyl halides is 1. The molecule has 0 aliphatic rings. The first-order valence-electron chi connectivity index (χ1n) is 7.53. The van der Waals surface area contributed by atoms with E-state index >= 15 is 0 Å². The molecule has 0 saturated heterocycles. The molecule has 0 bridgehead atoms. The van der Waals surface area contributed by atoms with Crippen LogP contribution in [0.25, 0.3) is 0 Å². The fraction of sp³-hybridized carbons (Fsp3) is 0.389. The molecule has 1 aromatic heterocycles. The van der Waals surface area contributed by atoms with Crippen molar-refractivity contribution in [1.82, 2.24) is 4.90 Å². The second kappa shape index (κ2) is 7.55. The van der Waals surface area contributed by atoms with E-state index in [1.165, 1.54) is 5.56 Å². The van der Waals surface area contributed by atoms with E-state index in [0.29, 0.717) is 30.6 Å². The number of benzene rings is 1. The van der Waals surface area contributed by atoms with Crippen LogP contribution in [0.5, 0.6) is 5.75 Å². The summed E-state index contributed by atoms with van der Waals surface area (Å²) in [5.74, 6) is 2.00. The van der Waals surface area contributed by atoms with Gasteiger partial charge in [-0.1, -0.05) is 17.7 Å². The smallest absolute Gasteiger partial charge is 0.289 e. The van der Waals surface area contributed by atoms with Crippen molar-refractivity contribution in [2.45, 2.75) is 26.7 Å². The van der Waals surface area contributed by atoms with Gasteiger partial charge in [0.2, 0.25) is 0 Å². The van der Waals surface area contributed by atoms with Crippen molar-refractivity contribution >= 4 is 17.5 Å². The molecule has 0 fully saturated rings. The SMILES string of the molecule is Cc1ccc(OCCN(C)C(=O)c2cc(CCl)c(C)o2)c(C)c1. The molecule has 0 atom stereocenters. The fourth-order valence-electron chi connectivity index (χ4n) is 2.30. The standard InChI is InChI=1S/C18H22ClNO3/c1-12-5-6-16(13(2)9-12)22-8-7-20(4)18(21)17-10-15(11-19)14(3)23-17/h5-6,9-10H,7-8,11H2,1-4H3. The van der Waals surface area contributed by atoms with Gasteiger partial charge < -0.3 is 14.1 Å². The van der Waals surface area contributed by atoms with E-state index in [-0.39, 0.29) is 5.91 Å². The molecular formula is C18H22ClNO3. The van der Waals surface area contributed by atoms with Crippen LogP contribution in [-0.2, 0) is 5.88 Å². The van der Waals surface area contributed by atoms with Crippen molar-refractivity contribution in [3.63, 3.8) is 0 Å². The Morgan fingerprint density at radius 3 is 2.61 bits per heavy atom. The Hall–Kier alpha value is -1.94. The zero-order chi connectivity index (χ0) is 17.0. The Bertz CT molecular complexity index is 694. The van der Waals surface area contributed by atoms with Gasteiger partial charge in [-0.05, 0) is 38.5 Å². The summed E-state index contributed by atoms with van der Waals surface area (Å²) in [6.07, 6.45) is 0. The van der Waals surface area contributed by atoms with Crippen LogP contribution in [0.3, 0.4) is 0 Å². The van der Waals surface area contributed by atoms with Crippen LogP contribution in [0.2, 0.25) is 0 Å². The zero-order valence-electron chi connectivity index (χ0n) is 14.0. The third-order valence-corrected chi connectivity index (χ3v) is 4.02. The molecule has 23 heavy (non-hydrogen) atoms. The minimum absolute atomic E-state index is 0.173. The summed E-state index contributed by atoms with van der Waals surface area (Å²) in [6.45, 7) is 6.76. The number of halogens is 1. The second-order valence-corrected chi connectivity index (χ2v) is 5.94. The molecule has 2 aromatic rings. The molecular weight excluding hydrogens is 314 g/mol. The first kappa shape index (κ1) is 17.4. The van der Waals surface area contributed by atoms with Crippen molar-refractivity contribution in [3.05, 3.63) is 52.5 Å². The summed E-state index contributed by atoms with van der Waals surface area (Å²) in [4.78, 5) is 13.9. The summed E-state index contributed by atoms with van der Waals surface area (Å²) in [5.41, 5.74) is 3.13. The summed E-state index contributed by atoms with van der Waals surface area (Å²) in [7, 11) is 1.73. The Labute approximate surface area is 142 Å². The van der Waals surface area contributed by atoms with Gasteiger partial charge in [0.05, 0.1) is 12.4 Å². The van der Waals surface area contributed by atoms with E-state index in [1.54, 1.807) is 24.9 Å². The molecule has 0 saturated carbocycles. The van der Waals surface area contributed by atoms with Crippen molar-refractivity contribution in [2.24, 2.45) is 0 Å². The summed E-state index contributed by atoms with van der Waals surface area (Å²) in [6, 6.07) is 7.74. The predicted octanol–water partition coefficient (Wildman–Crippen LogP) is 4.09. The molecule has 0 radical (unpaired) electrons. The minimum Gasteiger partial charge on any atom is -0.491 e. The summed E-state index contributed by atoms with van der Waals surface area (Å²) in [5, 5.41) is 0. The summed E-state index contributed by atoms with van der Waals surface area (Å²) >= 11 is 5.80. The van der Waals surface area contributed by atoms with E-state index in [4.69, 9.17) is 20.8 Å². The van der Waals surface area contributed by atoms with Crippen molar-refractivity contribution < 1.29 is 13.9 Å². The molecule has 4 nitrogen and oxygen atoms in total. The second-order valence-electron chi connectivity index (χ2n) is 5.67. The van der Waals surface area contributed by atoms with Gasteiger partial charge in [0.25, 0.3) is 5.91 Å². The number of carbonyl (C=O) groups is 1. The number of furan rings is 1. The Morgan fingerprint density at radius 1 is 1.26 bits per heavy atom. The maximum absolute atomic E-state index is 12.3. The van der Waals surface area contributed by atoms with Gasteiger partial charge in [0.1, 0.15) is 18.1 Å². The largest absolute Gasteiger partial charge is 0.491 e. The quantitative estimate of drug-likeness (QED) is 0.746. The molecule has 0 aliphatic carbocycles. The maximum atomic E-state index is 12.3. The van der Waals surface area contributed by atoms with Crippen LogP contribution in [0, 0.1) is 20.8 Å². The average molecular weight is 336 g/mol. The molecule has 1 heterocycles. The first-order valence-corrected chi connectivity index (χ1v) is 8.06. The van der Waals surface area contributed by atoms with E-state index in [0.717, 1.165) is 16.9 Å². The van der Waals surface area contributed by atoms with E-state index in [9.17, 15) is 4.79 Å². The number of likely N-dealkylation sites (N-methyl/N-ethyl adjacent to an activating group) is 1. The fourth-order valence-corrected chi connectivity index (χ4v) is 2.57. The third-order valence-electron chi connectivity index (χ3n) is 3.74. The number of amides is 1. The van der Waals surface area contributed by atoms with E-state index in [1.807, 2.05) is 26.0 Å². The van der Waals surface area contributed by atoms with Crippen molar-refractivity contribution in [2.75, 3.05) is 20.2 Å². The zero-order valence-corrected chi connectivity index (χ0v) is 14.7. The van der Waals surface area contributed by atoms with Crippen LogP contribution in [0.1, 0.15) is 33.0 Å². The number of nitrogens with zero attached hydrogens (tertiary/aromatic N) is 1. The molecule has 0 N–H and O–H groups in total. The highest BCUT2D eigenvalue weighted by Crippen LogP contribution is 2.19. The highest BCUT2D eigenvalue weighted by molar-refractivity contribution is 6.17. The first-order chi connectivity index (χ1) is 10.9. The van der Waals surface area contributed by atoms with Crippen LogP contribution < -0.4 is 4.74 Å². The van der Waals surface area contributed by atoms with Gasteiger partial charge in [-0.25, -0.2) is 0 Å². The maximum Gasteiger partial charge on any atom is 0.289 e. The van der Waals surface area contributed by atoms with Gasteiger partial charge in [-0.2, -0.15) is 0 Å². The van der Waals surface area contributed by atoms with Gasteiger partial charge in [-0.3, -0.25) is 4.79 Å². The molecule has 1 aromatic carbocycles. The van der Waals surface area contributed by atoms with Gasteiger partial charge in [0, 0.05) is 12.6 Å². The summed E-state index contributed by atoms with van der Waals surface area (Å²) < 4.78 is 11.2. The Morgan fingerprint density at radius 2 is 2.00 bits per heavy atom. The van der Waals surface area contributed by atoms with Crippen LogP contribution in [0.4, 0.5) is 0 Å². The lowest BCUT2D eigenvalue weighted by atomic mass is 10.1. The van der Waals surface area contributed by atoms with E-state index in [2.05, 4.69) is 6.07 Å². The highest BCUT2D eigenvalue weighted by atomic mass is 35.5. The normalized spacial score (nSPS) is 10.7.